The lowest BCUT2D eigenvalue weighted by atomic mass is 10.2. The van der Waals surface area contributed by atoms with Gasteiger partial charge >= 0.3 is 11.9 Å². The van der Waals surface area contributed by atoms with Gasteiger partial charge in [-0.05, 0) is 18.4 Å². The van der Waals surface area contributed by atoms with Gasteiger partial charge in [0.25, 0.3) is 0 Å². The highest BCUT2D eigenvalue weighted by Crippen LogP contribution is 2.00. The Balaban J connectivity index is 0.000000470. The molecular formula is C18H26O6. The number of carboxylic acid groups (broad SMARTS) is 2. The van der Waals surface area contributed by atoms with E-state index in [1.54, 1.807) is 6.08 Å². The fraction of sp³-hybridized carbons (Fsp3) is 0.444. The molecule has 1 aromatic carbocycles. The number of carbonyl (C=O) groups is 2. The van der Waals surface area contributed by atoms with Crippen LogP contribution in [0.3, 0.4) is 0 Å². The Morgan fingerprint density at radius 3 is 2.00 bits per heavy atom. The van der Waals surface area contributed by atoms with Crippen LogP contribution in [-0.4, -0.2) is 42.0 Å². The van der Waals surface area contributed by atoms with E-state index in [2.05, 4.69) is 6.58 Å². The summed E-state index contributed by atoms with van der Waals surface area (Å²) in [5.41, 5.74) is 1.19. The van der Waals surface area contributed by atoms with Crippen molar-refractivity contribution in [3.8, 4) is 0 Å². The van der Waals surface area contributed by atoms with Gasteiger partial charge in [-0.15, -0.1) is 6.58 Å². The lowest BCUT2D eigenvalue weighted by Gasteiger charge is -2.04. The fourth-order valence-corrected chi connectivity index (χ4v) is 1.60. The Labute approximate surface area is 142 Å². The van der Waals surface area contributed by atoms with E-state index in [4.69, 9.17) is 19.7 Å². The average Bonchev–Trinajstić information content (AvgIpc) is 2.56. The highest BCUT2D eigenvalue weighted by molar-refractivity contribution is 5.67. The maximum absolute atomic E-state index is 9.90. The van der Waals surface area contributed by atoms with E-state index in [0.717, 1.165) is 0 Å². The zero-order valence-corrected chi connectivity index (χ0v) is 13.9. The van der Waals surface area contributed by atoms with Gasteiger partial charge in [0.15, 0.2) is 0 Å². The third-order valence-corrected chi connectivity index (χ3v) is 2.75. The third kappa shape index (κ3) is 16.2. The minimum atomic E-state index is -0.870. The molecule has 0 fully saturated rings. The first-order chi connectivity index (χ1) is 11.6. The molecule has 0 aromatic heterocycles. The van der Waals surface area contributed by atoms with E-state index in [1.165, 1.54) is 5.56 Å². The van der Waals surface area contributed by atoms with E-state index in [-0.39, 0.29) is 12.8 Å². The van der Waals surface area contributed by atoms with Gasteiger partial charge in [0.05, 0.1) is 26.4 Å². The molecule has 0 atom stereocenters. The second kappa shape index (κ2) is 15.7. The van der Waals surface area contributed by atoms with Crippen LogP contribution < -0.4 is 0 Å². The molecule has 0 heterocycles. The van der Waals surface area contributed by atoms with E-state index >= 15 is 0 Å². The van der Waals surface area contributed by atoms with Gasteiger partial charge in [-0.1, -0.05) is 36.4 Å². The molecule has 6 heteroatoms. The molecule has 0 aliphatic carbocycles. The number of hydrogen-bond acceptors (Lipinski definition) is 4. The second-order valence-electron chi connectivity index (χ2n) is 4.90. The minimum absolute atomic E-state index is 0.0628. The van der Waals surface area contributed by atoms with Crippen LogP contribution in [-0.2, 0) is 25.7 Å². The molecule has 1 aromatic rings. The van der Waals surface area contributed by atoms with Gasteiger partial charge in [0.1, 0.15) is 0 Å². The van der Waals surface area contributed by atoms with E-state index < -0.39 is 11.9 Å². The molecule has 0 saturated heterocycles. The molecule has 0 aliphatic rings. The topological polar surface area (TPSA) is 93.1 Å². The molecule has 0 unspecified atom stereocenters. The maximum atomic E-state index is 9.90. The van der Waals surface area contributed by atoms with E-state index in [0.29, 0.717) is 39.3 Å². The molecule has 0 radical (unpaired) electrons. The molecule has 1 rings (SSSR count). The van der Waals surface area contributed by atoms with Crippen molar-refractivity contribution in [3.05, 3.63) is 48.6 Å². The Morgan fingerprint density at radius 1 is 0.958 bits per heavy atom. The summed E-state index contributed by atoms with van der Waals surface area (Å²) < 4.78 is 10.6. The van der Waals surface area contributed by atoms with Gasteiger partial charge in [0, 0.05) is 12.8 Å². The van der Waals surface area contributed by atoms with Crippen LogP contribution in [0.25, 0.3) is 0 Å². The van der Waals surface area contributed by atoms with Crippen molar-refractivity contribution in [3.63, 3.8) is 0 Å². The summed E-state index contributed by atoms with van der Waals surface area (Å²) in [5, 5.41) is 16.3. The Bertz CT molecular complexity index is 442. The summed E-state index contributed by atoms with van der Waals surface area (Å²) in [7, 11) is 0. The van der Waals surface area contributed by atoms with Crippen LogP contribution in [0.4, 0.5) is 0 Å². The smallest absolute Gasteiger partial charge is 0.303 e. The number of benzene rings is 1. The molecule has 0 saturated carbocycles. The third-order valence-electron chi connectivity index (χ3n) is 2.75. The zero-order valence-electron chi connectivity index (χ0n) is 13.9. The normalized spacial score (nSPS) is 9.67. The molecule has 0 bridgehead atoms. The number of unbranched alkanes of at least 4 members (excludes halogenated alkanes) is 1. The summed E-state index contributed by atoms with van der Waals surface area (Å²) in [6, 6.07) is 10.1. The highest BCUT2D eigenvalue weighted by atomic mass is 16.5. The molecular weight excluding hydrogens is 312 g/mol. The van der Waals surface area contributed by atoms with Crippen LogP contribution in [0.15, 0.2) is 43.0 Å². The largest absolute Gasteiger partial charge is 0.481 e. The van der Waals surface area contributed by atoms with Gasteiger partial charge in [-0.3, -0.25) is 9.59 Å². The molecule has 6 nitrogen and oxygen atoms in total. The fourth-order valence-electron chi connectivity index (χ4n) is 1.60. The summed E-state index contributed by atoms with van der Waals surface area (Å²) in [6.45, 7) is 6.05. The minimum Gasteiger partial charge on any atom is -0.481 e. The standard InChI is InChI=1S/C12H16O2.C6H10O4/c1-2-8-13-9-10-14-11-12-6-4-3-5-7-12;7-5(8)3-1-2-4-6(9)10/h2-7H,1,8-11H2;1-4H2,(H,7,8)(H,9,10). The monoisotopic (exact) mass is 338 g/mol. The number of aliphatic carboxylic acids is 2. The van der Waals surface area contributed by atoms with Gasteiger partial charge in [-0.2, -0.15) is 0 Å². The van der Waals surface area contributed by atoms with Crippen LogP contribution in [0.2, 0.25) is 0 Å². The van der Waals surface area contributed by atoms with Crippen molar-refractivity contribution in [1.29, 1.82) is 0 Å². The first-order valence-corrected chi connectivity index (χ1v) is 7.80. The Hall–Kier alpha value is -2.18. The predicted octanol–water partition coefficient (Wildman–Crippen LogP) is 3.12. The Kier molecular flexibility index (Phi) is 14.3. The number of ether oxygens (including phenoxy) is 2. The van der Waals surface area contributed by atoms with Gasteiger partial charge in [0.2, 0.25) is 0 Å². The SMILES string of the molecule is C=CCOCCOCc1ccccc1.O=C(O)CCCCC(=O)O. The summed E-state index contributed by atoms with van der Waals surface area (Å²) in [6.07, 6.45) is 2.75. The molecule has 0 amide bonds. The van der Waals surface area contributed by atoms with Crippen molar-refractivity contribution < 1.29 is 29.3 Å². The van der Waals surface area contributed by atoms with E-state index in [1.807, 2.05) is 30.3 Å². The summed E-state index contributed by atoms with van der Waals surface area (Å²) in [5.74, 6) is -1.74. The lowest BCUT2D eigenvalue weighted by molar-refractivity contribution is -0.139. The maximum Gasteiger partial charge on any atom is 0.303 e. The molecule has 24 heavy (non-hydrogen) atoms. The van der Waals surface area contributed by atoms with E-state index in [9.17, 15) is 9.59 Å². The van der Waals surface area contributed by atoms with Crippen LogP contribution in [0, 0.1) is 0 Å². The van der Waals surface area contributed by atoms with Crippen LogP contribution in [0.5, 0.6) is 0 Å². The quantitative estimate of drug-likeness (QED) is 0.449. The summed E-state index contributed by atoms with van der Waals surface area (Å²) in [4.78, 5) is 19.8. The molecule has 0 spiro atoms. The Morgan fingerprint density at radius 2 is 1.50 bits per heavy atom. The average molecular weight is 338 g/mol. The zero-order chi connectivity index (χ0) is 18.0. The van der Waals surface area contributed by atoms with Gasteiger partial charge in [-0.25, -0.2) is 0 Å². The predicted molar refractivity (Wildman–Crippen MR) is 90.9 cm³/mol. The van der Waals surface area contributed by atoms with Crippen molar-refractivity contribution in [2.75, 3.05) is 19.8 Å². The number of rotatable bonds is 12. The van der Waals surface area contributed by atoms with Crippen molar-refractivity contribution in [1.82, 2.24) is 0 Å². The lowest BCUT2D eigenvalue weighted by Crippen LogP contribution is -2.04. The summed E-state index contributed by atoms with van der Waals surface area (Å²) >= 11 is 0. The van der Waals surface area contributed by atoms with Crippen LogP contribution in [0.1, 0.15) is 31.2 Å². The van der Waals surface area contributed by atoms with Crippen LogP contribution >= 0.6 is 0 Å². The number of carboxylic acids is 2. The van der Waals surface area contributed by atoms with Crippen molar-refractivity contribution in [2.24, 2.45) is 0 Å². The second-order valence-corrected chi connectivity index (χ2v) is 4.90. The highest BCUT2D eigenvalue weighted by Gasteiger charge is 1.99. The van der Waals surface area contributed by atoms with Crippen molar-refractivity contribution >= 4 is 11.9 Å². The first kappa shape index (κ1) is 21.8. The van der Waals surface area contributed by atoms with Gasteiger partial charge < -0.3 is 19.7 Å². The molecule has 134 valence electrons. The van der Waals surface area contributed by atoms with Crippen molar-refractivity contribution in [2.45, 2.75) is 32.3 Å². The molecule has 2 N–H and O–H groups in total. The first-order valence-electron chi connectivity index (χ1n) is 7.80. The molecule has 0 aliphatic heterocycles. The number of hydrogen-bond donors (Lipinski definition) is 2.